The van der Waals surface area contributed by atoms with Crippen LogP contribution in [-0.4, -0.2) is 47.9 Å². The Morgan fingerprint density at radius 3 is 2.38 bits per heavy atom. The lowest BCUT2D eigenvalue weighted by Crippen LogP contribution is -2.47. The molecule has 4 rings (SSSR count). The summed E-state index contributed by atoms with van der Waals surface area (Å²) in [5.74, 6) is 1.43. The third-order valence-corrected chi connectivity index (χ3v) is 7.30. The summed E-state index contributed by atoms with van der Waals surface area (Å²) < 4.78 is 0. The second-order valence-corrected chi connectivity index (χ2v) is 9.09. The summed E-state index contributed by atoms with van der Waals surface area (Å²) in [4.78, 5) is 27.6. The van der Waals surface area contributed by atoms with E-state index in [0.29, 0.717) is 30.3 Å². The Balaban J connectivity index is 1.24. The van der Waals surface area contributed by atoms with Gasteiger partial charge in [0, 0.05) is 37.0 Å². The van der Waals surface area contributed by atoms with Crippen LogP contribution >= 0.6 is 0 Å². The standard InChI is InChI=1S/C21H35N3O2/c25-20(13-15-3-1-2-4-15)23-17-7-5-16(6-8-17)21(26)24-18-9-10-19(24)14-22-12-11-18/h15-19,22H,1-14H2,(H,23,25). The minimum atomic E-state index is 0.180. The van der Waals surface area contributed by atoms with Crippen LogP contribution in [0.4, 0.5) is 0 Å². The van der Waals surface area contributed by atoms with Crippen molar-refractivity contribution >= 4 is 11.8 Å². The van der Waals surface area contributed by atoms with Crippen LogP contribution in [0.5, 0.6) is 0 Å². The summed E-state index contributed by atoms with van der Waals surface area (Å²) in [5.41, 5.74) is 0. The zero-order valence-corrected chi connectivity index (χ0v) is 16.0. The van der Waals surface area contributed by atoms with Gasteiger partial charge in [-0.1, -0.05) is 12.8 Å². The summed E-state index contributed by atoms with van der Waals surface area (Å²) in [6, 6.07) is 1.17. The van der Waals surface area contributed by atoms with Gasteiger partial charge < -0.3 is 15.5 Å². The van der Waals surface area contributed by atoms with Crippen molar-refractivity contribution in [2.24, 2.45) is 11.8 Å². The third kappa shape index (κ3) is 4.08. The van der Waals surface area contributed by atoms with E-state index in [-0.39, 0.29) is 17.9 Å². The highest BCUT2D eigenvalue weighted by atomic mass is 16.2. The Labute approximate surface area is 157 Å². The average molecular weight is 362 g/mol. The molecule has 5 heteroatoms. The number of nitrogens with one attached hydrogen (secondary N) is 2. The van der Waals surface area contributed by atoms with E-state index in [4.69, 9.17) is 0 Å². The largest absolute Gasteiger partial charge is 0.353 e. The number of hydrogen-bond acceptors (Lipinski definition) is 3. The fraction of sp³-hybridized carbons (Fsp3) is 0.905. The molecule has 5 nitrogen and oxygen atoms in total. The number of carbonyl (C=O) groups excluding carboxylic acids is 2. The van der Waals surface area contributed by atoms with Crippen LogP contribution in [0.15, 0.2) is 0 Å². The smallest absolute Gasteiger partial charge is 0.226 e. The van der Waals surface area contributed by atoms with Gasteiger partial charge in [0.05, 0.1) is 0 Å². The van der Waals surface area contributed by atoms with Crippen LogP contribution in [0.25, 0.3) is 0 Å². The molecule has 4 aliphatic rings. The monoisotopic (exact) mass is 361 g/mol. The topological polar surface area (TPSA) is 61.4 Å². The van der Waals surface area contributed by atoms with Gasteiger partial charge in [0.1, 0.15) is 0 Å². The van der Waals surface area contributed by atoms with Crippen LogP contribution in [0.1, 0.15) is 77.0 Å². The highest BCUT2D eigenvalue weighted by Crippen LogP contribution is 2.34. The van der Waals surface area contributed by atoms with Crippen molar-refractivity contribution in [2.45, 2.75) is 95.2 Å². The molecule has 2 saturated heterocycles. The van der Waals surface area contributed by atoms with E-state index < -0.39 is 0 Å². The van der Waals surface area contributed by atoms with Crippen molar-refractivity contribution in [2.75, 3.05) is 13.1 Å². The zero-order chi connectivity index (χ0) is 17.9. The molecule has 0 aromatic rings. The number of fused-ring (bicyclic) bond motifs is 2. The lowest BCUT2D eigenvalue weighted by Gasteiger charge is -2.35. The quantitative estimate of drug-likeness (QED) is 0.809. The Hall–Kier alpha value is -1.10. The molecule has 2 unspecified atom stereocenters. The lowest BCUT2D eigenvalue weighted by molar-refractivity contribution is -0.139. The van der Waals surface area contributed by atoms with Crippen LogP contribution in [0.3, 0.4) is 0 Å². The van der Waals surface area contributed by atoms with Crippen molar-refractivity contribution in [3.8, 4) is 0 Å². The molecule has 2 N–H and O–H groups in total. The molecule has 0 aromatic carbocycles. The molecular formula is C21H35N3O2. The SMILES string of the molecule is O=C(CC1CCCC1)NC1CCC(C(=O)N2C3CCNCC2CC3)CC1. The minimum absolute atomic E-state index is 0.180. The molecule has 2 amide bonds. The van der Waals surface area contributed by atoms with E-state index in [9.17, 15) is 9.59 Å². The van der Waals surface area contributed by atoms with E-state index in [1.807, 2.05) is 0 Å². The number of rotatable bonds is 4. The van der Waals surface area contributed by atoms with E-state index in [0.717, 1.165) is 51.6 Å². The van der Waals surface area contributed by atoms with Gasteiger partial charge in [-0.25, -0.2) is 0 Å². The Morgan fingerprint density at radius 2 is 1.62 bits per heavy atom. The summed E-state index contributed by atoms with van der Waals surface area (Å²) in [7, 11) is 0. The van der Waals surface area contributed by atoms with Crippen LogP contribution in [0, 0.1) is 11.8 Å². The predicted molar refractivity (Wildman–Crippen MR) is 102 cm³/mol. The van der Waals surface area contributed by atoms with Crippen molar-refractivity contribution in [3.63, 3.8) is 0 Å². The molecule has 0 spiro atoms. The second kappa shape index (κ2) is 8.28. The van der Waals surface area contributed by atoms with Crippen LogP contribution in [-0.2, 0) is 9.59 Å². The van der Waals surface area contributed by atoms with E-state index in [1.165, 1.54) is 32.1 Å². The highest BCUT2D eigenvalue weighted by molar-refractivity contribution is 5.80. The van der Waals surface area contributed by atoms with Gasteiger partial charge in [-0.05, 0) is 70.3 Å². The van der Waals surface area contributed by atoms with E-state index in [2.05, 4.69) is 15.5 Å². The first-order valence-corrected chi connectivity index (χ1v) is 11.0. The molecule has 146 valence electrons. The summed E-state index contributed by atoms with van der Waals surface area (Å²) in [6.45, 7) is 2.01. The third-order valence-electron chi connectivity index (χ3n) is 7.30. The Bertz CT molecular complexity index is 495. The van der Waals surface area contributed by atoms with E-state index >= 15 is 0 Å². The molecular weight excluding hydrogens is 326 g/mol. The number of nitrogens with zero attached hydrogens (tertiary/aromatic N) is 1. The maximum Gasteiger partial charge on any atom is 0.226 e. The molecule has 2 bridgehead atoms. The van der Waals surface area contributed by atoms with Gasteiger partial charge in [0.15, 0.2) is 0 Å². The minimum Gasteiger partial charge on any atom is -0.353 e. The van der Waals surface area contributed by atoms with Crippen molar-refractivity contribution in [1.82, 2.24) is 15.5 Å². The Kier molecular flexibility index (Phi) is 5.82. The fourth-order valence-corrected chi connectivity index (χ4v) is 5.80. The van der Waals surface area contributed by atoms with E-state index in [1.54, 1.807) is 0 Å². The van der Waals surface area contributed by atoms with Crippen molar-refractivity contribution < 1.29 is 9.59 Å². The van der Waals surface area contributed by atoms with Gasteiger partial charge >= 0.3 is 0 Å². The summed E-state index contributed by atoms with van der Waals surface area (Å²) in [6.07, 6.45) is 13.0. The van der Waals surface area contributed by atoms with Gasteiger partial charge in [0.2, 0.25) is 11.8 Å². The maximum absolute atomic E-state index is 13.1. The molecule has 2 saturated carbocycles. The maximum atomic E-state index is 13.1. The van der Waals surface area contributed by atoms with Crippen molar-refractivity contribution in [1.29, 1.82) is 0 Å². The normalized spacial score (nSPS) is 35.3. The zero-order valence-electron chi connectivity index (χ0n) is 16.0. The van der Waals surface area contributed by atoms with Gasteiger partial charge in [-0.3, -0.25) is 9.59 Å². The van der Waals surface area contributed by atoms with Gasteiger partial charge in [0.25, 0.3) is 0 Å². The van der Waals surface area contributed by atoms with Gasteiger partial charge in [-0.15, -0.1) is 0 Å². The number of carbonyl (C=O) groups is 2. The molecule has 4 fully saturated rings. The molecule has 2 atom stereocenters. The lowest BCUT2D eigenvalue weighted by atomic mass is 9.84. The first-order chi connectivity index (χ1) is 12.7. The molecule has 0 radical (unpaired) electrons. The van der Waals surface area contributed by atoms with Crippen LogP contribution in [0.2, 0.25) is 0 Å². The number of amides is 2. The first-order valence-electron chi connectivity index (χ1n) is 11.0. The molecule has 2 heterocycles. The van der Waals surface area contributed by atoms with Crippen LogP contribution < -0.4 is 10.6 Å². The molecule has 2 aliphatic heterocycles. The first kappa shape index (κ1) is 18.3. The Morgan fingerprint density at radius 1 is 0.885 bits per heavy atom. The van der Waals surface area contributed by atoms with Gasteiger partial charge in [-0.2, -0.15) is 0 Å². The summed E-state index contributed by atoms with van der Waals surface area (Å²) in [5, 5.41) is 6.73. The van der Waals surface area contributed by atoms with Crippen molar-refractivity contribution in [3.05, 3.63) is 0 Å². The predicted octanol–water partition coefficient (Wildman–Crippen LogP) is 2.59. The highest BCUT2D eigenvalue weighted by Gasteiger charge is 2.41. The number of hydrogen-bond donors (Lipinski definition) is 2. The molecule has 26 heavy (non-hydrogen) atoms. The average Bonchev–Trinajstić information content (AvgIpc) is 3.21. The second-order valence-electron chi connectivity index (χ2n) is 9.09. The fourth-order valence-electron chi connectivity index (χ4n) is 5.80. The molecule has 2 aliphatic carbocycles. The molecule has 0 aromatic heterocycles. The summed E-state index contributed by atoms with van der Waals surface area (Å²) >= 11 is 0.